The monoisotopic (exact) mass is 312 g/mol. The maximum atomic E-state index is 13.2. The Morgan fingerprint density at radius 3 is 2.91 bits per heavy atom. The highest BCUT2D eigenvalue weighted by Gasteiger charge is 2.13. The van der Waals surface area contributed by atoms with E-state index in [0.29, 0.717) is 12.1 Å². The Balaban J connectivity index is 1.59. The number of nitrogens with zero attached hydrogens (tertiary/aromatic N) is 3. The number of hydrogen-bond donors (Lipinski definition) is 1. The summed E-state index contributed by atoms with van der Waals surface area (Å²) in [6.07, 6.45) is 1.61. The minimum absolute atomic E-state index is 0.0465. The molecule has 3 rings (SSSR count). The predicted molar refractivity (Wildman–Crippen MR) is 79.5 cm³/mol. The van der Waals surface area contributed by atoms with E-state index >= 15 is 0 Å². The molecule has 0 saturated heterocycles. The topological polar surface area (TPSA) is 80.9 Å². The lowest BCUT2D eigenvalue weighted by molar-refractivity contribution is -0.121. The molecule has 0 unspecified atom stereocenters. The van der Waals surface area contributed by atoms with Gasteiger partial charge in [0.25, 0.3) is 0 Å². The van der Waals surface area contributed by atoms with E-state index in [0.717, 1.165) is 5.69 Å². The Kier molecular flexibility index (Phi) is 4.37. The van der Waals surface area contributed by atoms with Gasteiger partial charge in [-0.15, -0.1) is 0 Å². The van der Waals surface area contributed by atoms with Gasteiger partial charge in [0, 0.05) is 11.8 Å². The molecule has 0 spiro atoms. The number of aromatic nitrogens is 3. The van der Waals surface area contributed by atoms with Crippen LogP contribution < -0.4 is 5.32 Å². The summed E-state index contributed by atoms with van der Waals surface area (Å²) in [5.41, 5.74) is 1.25. The summed E-state index contributed by atoms with van der Waals surface area (Å²) < 4.78 is 18.2. The number of hydrogen-bond acceptors (Lipinski definition) is 5. The third-order valence-electron chi connectivity index (χ3n) is 3.06. The van der Waals surface area contributed by atoms with Gasteiger partial charge in [0.2, 0.25) is 17.6 Å². The second-order valence-electron chi connectivity index (χ2n) is 4.80. The number of amides is 1. The molecule has 7 heteroatoms. The SMILES string of the molecule is O=C(Cc1nc(-c2cccc(F)c2)no1)NCc1ccccn1. The predicted octanol–water partition coefficient (Wildman–Crippen LogP) is 2.13. The molecule has 2 heterocycles. The van der Waals surface area contributed by atoms with Crippen LogP contribution in [0.15, 0.2) is 53.2 Å². The third-order valence-corrected chi connectivity index (χ3v) is 3.06. The van der Waals surface area contributed by atoms with Gasteiger partial charge < -0.3 is 9.84 Å². The molecule has 0 bridgehead atoms. The smallest absolute Gasteiger partial charge is 0.236 e. The first kappa shape index (κ1) is 14.8. The molecule has 0 atom stereocenters. The van der Waals surface area contributed by atoms with Gasteiger partial charge in [0.05, 0.1) is 12.2 Å². The first-order valence-corrected chi connectivity index (χ1v) is 6.96. The molecule has 2 aromatic heterocycles. The average molecular weight is 312 g/mol. The molecule has 0 aliphatic carbocycles. The summed E-state index contributed by atoms with van der Waals surface area (Å²) in [4.78, 5) is 20.1. The first-order valence-electron chi connectivity index (χ1n) is 6.96. The van der Waals surface area contributed by atoms with Gasteiger partial charge in [-0.2, -0.15) is 4.98 Å². The van der Waals surface area contributed by atoms with E-state index < -0.39 is 0 Å². The van der Waals surface area contributed by atoms with Gasteiger partial charge in [-0.3, -0.25) is 9.78 Å². The maximum Gasteiger partial charge on any atom is 0.236 e. The molecule has 1 amide bonds. The molecular formula is C16H13FN4O2. The second kappa shape index (κ2) is 6.78. The largest absolute Gasteiger partial charge is 0.350 e. The van der Waals surface area contributed by atoms with Gasteiger partial charge in [0.1, 0.15) is 12.2 Å². The fourth-order valence-corrected chi connectivity index (χ4v) is 1.96. The molecule has 6 nitrogen and oxygen atoms in total. The zero-order chi connectivity index (χ0) is 16.1. The van der Waals surface area contributed by atoms with Crippen molar-refractivity contribution in [2.24, 2.45) is 0 Å². The highest BCUT2D eigenvalue weighted by molar-refractivity contribution is 5.77. The zero-order valence-corrected chi connectivity index (χ0v) is 12.1. The summed E-state index contributed by atoms with van der Waals surface area (Å²) >= 11 is 0. The minimum Gasteiger partial charge on any atom is -0.350 e. The second-order valence-corrected chi connectivity index (χ2v) is 4.80. The van der Waals surface area contributed by atoms with Crippen LogP contribution in [0.1, 0.15) is 11.6 Å². The molecule has 0 aliphatic rings. The lowest BCUT2D eigenvalue weighted by Crippen LogP contribution is -2.25. The first-order chi connectivity index (χ1) is 11.2. The van der Waals surface area contributed by atoms with Crippen molar-refractivity contribution < 1.29 is 13.7 Å². The van der Waals surface area contributed by atoms with E-state index in [1.165, 1.54) is 12.1 Å². The minimum atomic E-state index is -0.387. The van der Waals surface area contributed by atoms with Gasteiger partial charge in [0.15, 0.2) is 0 Å². The molecule has 23 heavy (non-hydrogen) atoms. The van der Waals surface area contributed by atoms with Crippen LogP contribution in [0.5, 0.6) is 0 Å². The Bertz CT molecular complexity index is 805. The lowest BCUT2D eigenvalue weighted by atomic mass is 10.2. The highest BCUT2D eigenvalue weighted by atomic mass is 19.1. The van der Waals surface area contributed by atoms with Crippen LogP contribution in [0, 0.1) is 5.82 Å². The van der Waals surface area contributed by atoms with Crippen LogP contribution >= 0.6 is 0 Å². The zero-order valence-electron chi connectivity index (χ0n) is 12.1. The number of carbonyl (C=O) groups is 1. The molecule has 0 fully saturated rings. The van der Waals surface area contributed by atoms with E-state index in [9.17, 15) is 9.18 Å². The number of rotatable bonds is 5. The van der Waals surface area contributed by atoms with Gasteiger partial charge >= 0.3 is 0 Å². The Hall–Kier alpha value is -3.09. The summed E-state index contributed by atoms with van der Waals surface area (Å²) in [5.74, 6) is -0.230. The summed E-state index contributed by atoms with van der Waals surface area (Å²) in [5, 5.41) is 6.47. The number of halogens is 1. The van der Waals surface area contributed by atoms with E-state index in [1.54, 1.807) is 24.4 Å². The fourth-order valence-electron chi connectivity index (χ4n) is 1.96. The van der Waals surface area contributed by atoms with Crippen molar-refractivity contribution in [1.29, 1.82) is 0 Å². The standard InChI is InChI=1S/C16H13FN4O2/c17-12-5-3-4-11(8-12)16-20-15(23-21-16)9-14(22)19-10-13-6-1-2-7-18-13/h1-8H,9-10H2,(H,19,22). The van der Waals surface area contributed by atoms with E-state index in [4.69, 9.17) is 4.52 Å². The van der Waals surface area contributed by atoms with E-state index in [1.807, 2.05) is 12.1 Å². The van der Waals surface area contributed by atoms with Crippen molar-refractivity contribution in [3.8, 4) is 11.4 Å². The molecule has 116 valence electrons. The number of benzene rings is 1. The van der Waals surface area contributed by atoms with Crippen LogP contribution in [0.25, 0.3) is 11.4 Å². The molecular weight excluding hydrogens is 299 g/mol. The average Bonchev–Trinajstić information content (AvgIpc) is 3.02. The van der Waals surface area contributed by atoms with Crippen LogP contribution in [0.4, 0.5) is 4.39 Å². The van der Waals surface area contributed by atoms with Crippen molar-refractivity contribution in [3.63, 3.8) is 0 Å². The lowest BCUT2D eigenvalue weighted by Gasteiger charge is -2.02. The Morgan fingerprint density at radius 1 is 1.22 bits per heavy atom. The molecule has 1 aromatic carbocycles. The summed E-state index contributed by atoms with van der Waals surface area (Å²) in [6, 6.07) is 11.3. The molecule has 1 N–H and O–H groups in total. The quantitative estimate of drug-likeness (QED) is 0.780. The van der Waals surface area contributed by atoms with Crippen LogP contribution in [0.2, 0.25) is 0 Å². The van der Waals surface area contributed by atoms with Gasteiger partial charge in [-0.1, -0.05) is 23.4 Å². The normalized spacial score (nSPS) is 10.5. The van der Waals surface area contributed by atoms with Crippen LogP contribution in [0.3, 0.4) is 0 Å². The molecule has 0 radical (unpaired) electrons. The Morgan fingerprint density at radius 2 is 2.13 bits per heavy atom. The number of pyridine rings is 1. The maximum absolute atomic E-state index is 13.2. The highest BCUT2D eigenvalue weighted by Crippen LogP contribution is 2.16. The van der Waals surface area contributed by atoms with Crippen molar-refractivity contribution in [2.45, 2.75) is 13.0 Å². The molecule has 0 saturated carbocycles. The summed E-state index contributed by atoms with van der Waals surface area (Å²) in [7, 11) is 0. The summed E-state index contributed by atoms with van der Waals surface area (Å²) in [6.45, 7) is 0.324. The third kappa shape index (κ3) is 3.97. The van der Waals surface area contributed by atoms with Crippen molar-refractivity contribution >= 4 is 5.91 Å². The number of carbonyl (C=O) groups excluding carboxylic acids is 1. The van der Waals surface area contributed by atoms with Crippen LogP contribution in [-0.4, -0.2) is 21.0 Å². The number of nitrogens with one attached hydrogen (secondary N) is 1. The molecule has 3 aromatic rings. The van der Waals surface area contributed by atoms with Crippen molar-refractivity contribution in [3.05, 3.63) is 66.1 Å². The van der Waals surface area contributed by atoms with Gasteiger partial charge in [-0.25, -0.2) is 4.39 Å². The van der Waals surface area contributed by atoms with E-state index in [-0.39, 0.29) is 29.9 Å². The van der Waals surface area contributed by atoms with Crippen LogP contribution in [-0.2, 0) is 17.8 Å². The van der Waals surface area contributed by atoms with Gasteiger partial charge in [-0.05, 0) is 24.3 Å². The van der Waals surface area contributed by atoms with Crippen molar-refractivity contribution in [2.75, 3.05) is 0 Å². The molecule has 0 aliphatic heterocycles. The fraction of sp³-hybridized carbons (Fsp3) is 0.125. The van der Waals surface area contributed by atoms with E-state index in [2.05, 4.69) is 20.4 Å². The van der Waals surface area contributed by atoms with Crippen molar-refractivity contribution in [1.82, 2.24) is 20.4 Å². The Labute approximate surface area is 131 Å².